The van der Waals surface area contributed by atoms with Crippen LogP contribution in [0, 0.1) is 12.8 Å². The van der Waals surface area contributed by atoms with Gasteiger partial charge in [-0.1, -0.05) is 26.0 Å². The largest absolute Gasteiger partial charge is 0.493 e. The van der Waals surface area contributed by atoms with Gasteiger partial charge in [0, 0.05) is 30.3 Å². The Hall–Kier alpha value is -3.22. The minimum atomic E-state index is -0.0691. The molecule has 7 heteroatoms. The summed E-state index contributed by atoms with van der Waals surface area (Å²) in [4.78, 5) is 21.0. The van der Waals surface area contributed by atoms with Gasteiger partial charge in [-0.05, 0) is 36.6 Å². The van der Waals surface area contributed by atoms with E-state index < -0.39 is 0 Å². The van der Waals surface area contributed by atoms with Crippen molar-refractivity contribution in [3.8, 4) is 11.7 Å². The van der Waals surface area contributed by atoms with Gasteiger partial charge in [0.25, 0.3) is 5.95 Å². The second-order valence-electron chi connectivity index (χ2n) is 7.39. The van der Waals surface area contributed by atoms with Crippen LogP contribution in [-0.4, -0.2) is 32.3 Å². The average molecular weight is 377 g/mol. The molecule has 4 rings (SSSR count). The Morgan fingerprint density at radius 1 is 1.21 bits per heavy atom. The van der Waals surface area contributed by atoms with Gasteiger partial charge in [-0.2, -0.15) is 9.78 Å². The number of rotatable bonds is 5. The lowest BCUT2D eigenvalue weighted by Gasteiger charge is -2.24. The fourth-order valence-corrected chi connectivity index (χ4v) is 3.44. The Bertz CT molecular complexity index is 980. The molecule has 0 radical (unpaired) electrons. The number of hydrogen-bond donors (Lipinski definition) is 1. The molecule has 144 valence electrons. The van der Waals surface area contributed by atoms with Crippen LogP contribution < -0.4 is 10.1 Å². The number of ether oxygens (including phenoxy) is 1. The summed E-state index contributed by atoms with van der Waals surface area (Å²) < 4.78 is 7.38. The summed E-state index contributed by atoms with van der Waals surface area (Å²) in [6.45, 7) is 6.86. The summed E-state index contributed by atoms with van der Waals surface area (Å²) in [6, 6.07) is 9.72. The van der Waals surface area contributed by atoms with Crippen molar-refractivity contribution in [1.29, 1.82) is 0 Å². The number of nitrogens with one attached hydrogen (secondary N) is 1. The van der Waals surface area contributed by atoms with E-state index in [9.17, 15) is 4.79 Å². The molecule has 1 aliphatic heterocycles. The second kappa shape index (κ2) is 7.42. The maximum Gasteiger partial charge on any atom is 0.252 e. The molecule has 1 aliphatic rings. The topological polar surface area (TPSA) is 81.9 Å². The van der Waals surface area contributed by atoms with Crippen molar-refractivity contribution in [2.24, 2.45) is 5.92 Å². The molecule has 28 heavy (non-hydrogen) atoms. The maximum absolute atomic E-state index is 12.4. The molecule has 1 aromatic carbocycles. The van der Waals surface area contributed by atoms with Gasteiger partial charge < -0.3 is 10.1 Å². The van der Waals surface area contributed by atoms with E-state index in [1.807, 2.05) is 31.2 Å². The number of fused-ring (bicyclic) bond motifs is 1. The SMILES string of the molecule is Cc1nn(-c2ncccn2)c2c1[C@@H](c1ccc(OCC(C)C)cc1)CC(=O)N2. The first kappa shape index (κ1) is 18.2. The number of amides is 1. The summed E-state index contributed by atoms with van der Waals surface area (Å²) in [5, 5.41) is 7.54. The van der Waals surface area contributed by atoms with Crippen LogP contribution in [0.15, 0.2) is 42.7 Å². The number of hydrogen-bond acceptors (Lipinski definition) is 5. The maximum atomic E-state index is 12.4. The molecule has 1 N–H and O–H groups in total. The number of carbonyl (C=O) groups excluding carboxylic acids is 1. The fraction of sp³-hybridized carbons (Fsp3) is 0.333. The molecule has 0 aliphatic carbocycles. The number of anilines is 1. The first-order valence-electron chi connectivity index (χ1n) is 9.42. The highest BCUT2D eigenvalue weighted by atomic mass is 16.5. The van der Waals surface area contributed by atoms with Gasteiger partial charge in [-0.15, -0.1) is 0 Å². The summed E-state index contributed by atoms with van der Waals surface area (Å²) in [5.41, 5.74) is 2.92. The number of carbonyl (C=O) groups is 1. The van der Waals surface area contributed by atoms with Crippen LogP contribution in [0.4, 0.5) is 5.82 Å². The second-order valence-corrected chi connectivity index (χ2v) is 7.39. The lowest BCUT2D eigenvalue weighted by atomic mass is 9.86. The van der Waals surface area contributed by atoms with Crippen LogP contribution in [0.25, 0.3) is 5.95 Å². The van der Waals surface area contributed by atoms with E-state index in [-0.39, 0.29) is 11.8 Å². The van der Waals surface area contributed by atoms with Crippen molar-refractivity contribution in [2.45, 2.75) is 33.1 Å². The molecule has 3 aromatic rings. The van der Waals surface area contributed by atoms with Crippen molar-refractivity contribution in [3.05, 3.63) is 59.5 Å². The molecule has 0 saturated heterocycles. The normalized spacial score (nSPS) is 16.0. The Morgan fingerprint density at radius 2 is 1.93 bits per heavy atom. The van der Waals surface area contributed by atoms with Crippen LogP contribution in [0.5, 0.6) is 5.75 Å². The average Bonchev–Trinajstić information content (AvgIpc) is 3.03. The molecule has 0 bridgehead atoms. The molecule has 0 fully saturated rings. The molecule has 0 spiro atoms. The van der Waals surface area contributed by atoms with Gasteiger partial charge in [-0.3, -0.25) is 4.79 Å². The molecular weight excluding hydrogens is 354 g/mol. The number of aromatic nitrogens is 4. The first-order chi connectivity index (χ1) is 13.5. The van der Waals surface area contributed by atoms with Gasteiger partial charge in [-0.25, -0.2) is 9.97 Å². The standard InChI is InChI=1S/C21H23N5O2/c1-13(2)12-28-16-7-5-15(6-8-16)17-11-18(27)24-20-19(17)14(3)25-26(20)21-22-9-4-10-23-21/h4-10,13,17H,11-12H2,1-3H3,(H,24,27)/t17-/m1/s1. The van der Waals surface area contributed by atoms with Crippen molar-refractivity contribution >= 4 is 11.7 Å². The van der Waals surface area contributed by atoms with E-state index in [0.717, 1.165) is 22.6 Å². The first-order valence-corrected chi connectivity index (χ1v) is 9.42. The third-order valence-corrected chi connectivity index (χ3v) is 4.71. The number of benzene rings is 1. The van der Waals surface area contributed by atoms with E-state index >= 15 is 0 Å². The van der Waals surface area contributed by atoms with Gasteiger partial charge in [0.15, 0.2) is 0 Å². The van der Waals surface area contributed by atoms with E-state index in [0.29, 0.717) is 30.7 Å². The number of aryl methyl sites for hydroxylation is 1. The lowest BCUT2D eigenvalue weighted by molar-refractivity contribution is -0.116. The Balaban J connectivity index is 1.69. The predicted octanol–water partition coefficient (Wildman–Crippen LogP) is 3.48. The third-order valence-electron chi connectivity index (χ3n) is 4.71. The van der Waals surface area contributed by atoms with Crippen molar-refractivity contribution in [3.63, 3.8) is 0 Å². The quantitative estimate of drug-likeness (QED) is 0.736. The molecule has 7 nitrogen and oxygen atoms in total. The summed E-state index contributed by atoms with van der Waals surface area (Å²) in [5.74, 6) is 2.27. The molecular formula is C21H23N5O2. The van der Waals surface area contributed by atoms with E-state index in [4.69, 9.17) is 4.74 Å². The minimum absolute atomic E-state index is 0.0466. The molecule has 1 amide bonds. The van der Waals surface area contributed by atoms with E-state index in [2.05, 4.69) is 34.2 Å². The van der Waals surface area contributed by atoms with Crippen molar-refractivity contribution in [2.75, 3.05) is 11.9 Å². The highest BCUT2D eigenvalue weighted by Gasteiger charge is 2.33. The zero-order valence-electron chi connectivity index (χ0n) is 16.2. The molecule has 1 atom stereocenters. The molecule has 0 saturated carbocycles. The monoisotopic (exact) mass is 377 g/mol. The lowest BCUT2D eigenvalue weighted by Crippen LogP contribution is -2.25. The van der Waals surface area contributed by atoms with E-state index in [1.54, 1.807) is 23.1 Å². The highest BCUT2D eigenvalue weighted by Crippen LogP contribution is 2.40. The Kier molecular flexibility index (Phi) is 4.81. The van der Waals surface area contributed by atoms with Crippen LogP contribution in [0.2, 0.25) is 0 Å². The Labute approximate surface area is 163 Å². The zero-order valence-corrected chi connectivity index (χ0v) is 16.2. The summed E-state index contributed by atoms with van der Waals surface area (Å²) in [6.07, 6.45) is 3.69. The molecule has 3 heterocycles. The Morgan fingerprint density at radius 3 is 2.61 bits per heavy atom. The number of nitrogens with zero attached hydrogens (tertiary/aromatic N) is 4. The third kappa shape index (κ3) is 3.47. The van der Waals surface area contributed by atoms with Gasteiger partial charge in [0.2, 0.25) is 5.91 Å². The van der Waals surface area contributed by atoms with Crippen LogP contribution in [0.1, 0.15) is 43.0 Å². The fourth-order valence-electron chi connectivity index (χ4n) is 3.44. The minimum Gasteiger partial charge on any atom is -0.493 e. The van der Waals surface area contributed by atoms with Crippen LogP contribution >= 0.6 is 0 Å². The highest BCUT2D eigenvalue weighted by molar-refractivity contribution is 5.95. The van der Waals surface area contributed by atoms with Crippen molar-refractivity contribution < 1.29 is 9.53 Å². The smallest absolute Gasteiger partial charge is 0.252 e. The zero-order chi connectivity index (χ0) is 19.7. The van der Waals surface area contributed by atoms with Crippen LogP contribution in [0.3, 0.4) is 0 Å². The van der Waals surface area contributed by atoms with Crippen molar-refractivity contribution in [1.82, 2.24) is 19.7 Å². The summed E-state index contributed by atoms with van der Waals surface area (Å²) in [7, 11) is 0. The van der Waals surface area contributed by atoms with E-state index in [1.165, 1.54) is 0 Å². The van der Waals surface area contributed by atoms with Gasteiger partial charge in [0.1, 0.15) is 11.6 Å². The van der Waals surface area contributed by atoms with Crippen LogP contribution in [-0.2, 0) is 4.79 Å². The molecule has 0 unspecified atom stereocenters. The van der Waals surface area contributed by atoms with Gasteiger partial charge in [0.05, 0.1) is 12.3 Å². The molecule has 2 aromatic heterocycles. The summed E-state index contributed by atoms with van der Waals surface area (Å²) >= 11 is 0. The van der Waals surface area contributed by atoms with Gasteiger partial charge >= 0.3 is 0 Å². The predicted molar refractivity (Wildman–Crippen MR) is 106 cm³/mol.